The fraction of sp³-hybridized carbons (Fsp3) is 0.538. The third kappa shape index (κ3) is 1.86. The van der Waals surface area contributed by atoms with E-state index in [1.165, 1.54) is 23.7 Å². The van der Waals surface area contributed by atoms with E-state index < -0.39 is 0 Å². The standard InChI is InChI=1S/C13H15ClSe/c14-12-9-6-7-10(8-9)13(12)15-11-4-2-1-3-5-11/h1-5,9-10,12-13H,6-8H2/t9-,10+,12-,13-/m0/s1. The van der Waals surface area contributed by atoms with Crippen molar-refractivity contribution in [1.82, 2.24) is 0 Å². The molecule has 0 nitrogen and oxygen atoms in total. The number of hydrogen-bond acceptors (Lipinski definition) is 0. The molecule has 1 aromatic carbocycles. The quantitative estimate of drug-likeness (QED) is 0.579. The van der Waals surface area contributed by atoms with Crippen molar-refractivity contribution < 1.29 is 0 Å². The first kappa shape index (κ1) is 10.2. The van der Waals surface area contributed by atoms with E-state index in [-0.39, 0.29) is 0 Å². The zero-order chi connectivity index (χ0) is 10.3. The Hall–Kier alpha value is 0.0295. The maximum absolute atomic E-state index is 6.54. The fourth-order valence-electron chi connectivity index (χ4n) is 2.99. The molecule has 15 heavy (non-hydrogen) atoms. The van der Waals surface area contributed by atoms with Crippen LogP contribution in [0.1, 0.15) is 19.3 Å². The Kier molecular flexibility index (Phi) is 2.81. The number of fused-ring (bicyclic) bond motifs is 2. The molecule has 2 bridgehead atoms. The second-order valence-electron chi connectivity index (χ2n) is 4.67. The second-order valence-corrected chi connectivity index (χ2v) is 7.80. The number of rotatable bonds is 2. The molecule has 4 atom stereocenters. The molecule has 2 aliphatic carbocycles. The first-order valence-corrected chi connectivity index (χ1v) is 7.98. The molecule has 2 fully saturated rings. The molecule has 0 heterocycles. The van der Waals surface area contributed by atoms with Crippen LogP contribution >= 0.6 is 11.6 Å². The van der Waals surface area contributed by atoms with Gasteiger partial charge >= 0.3 is 103 Å². The van der Waals surface area contributed by atoms with Gasteiger partial charge in [0.1, 0.15) is 0 Å². The molecular formula is C13H15ClSe. The van der Waals surface area contributed by atoms with Gasteiger partial charge in [-0.15, -0.1) is 0 Å². The molecule has 0 radical (unpaired) electrons. The van der Waals surface area contributed by atoms with Gasteiger partial charge in [-0.25, -0.2) is 0 Å². The number of hydrogen-bond donors (Lipinski definition) is 0. The summed E-state index contributed by atoms with van der Waals surface area (Å²) >= 11 is 7.13. The van der Waals surface area contributed by atoms with Crippen LogP contribution < -0.4 is 4.46 Å². The zero-order valence-corrected chi connectivity index (χ0v) is 11.1. The van der Waals surface area contributed by atoms with Gasteiger partial charge in [0.15, 0.2) is 0 Å². The normalized spacial score (nSPS) is 38.5. The van der Waals surface area contributed by atoms with Gasteiger partial charge in [0.05, 0.1) is 0 Å². The molecule has 2 aliphatic rings. The predicted molar refractivity (Wildman–Crippen MR) is 66.1 cm³/mol. The molecule has 80 valence electrons. The Morgan fingerprint density at radius 2 is 1.80 bits per heavy atom. The van der Waals surface area contributed by atoms with Crippen molar-refractivity contribution in [1.29, 1.82) is 0 Å². The van der Waals surface area contributed by atoms with Crippen LogP contribution in [0.25, 0.3) is 0 Å². The van der Waals surface area contributed by atoms with Crippen LogP contribution in [0.5, 0.6) is 0 Å². The van der Waals surface area contributed by atoms with Crippen LogP contribution in [0.2, 0.25) is 4.82 Å². The van der Waals surface area contributed by atoms with Gasteiger partial charge in [0.25, 0.3) is 0 Å². The van der Waals surface area contributed by atoms with Crippen LogP contribution in [0.15, 0.2) is 30.3 Å². The van der Waals surface area contributed by atoms with Crippen LogP contribution in [-0.2, 0) is 0 Å². The van der Waals surface area contributed by atoms with Gasteiger partial charge in [-0.2, -0.15) is 0 Å². The summed E-state index contributed by atoms with van der Waals surface area (Å²) in [6.07, 6.45) is 4.24. The third-order valence-corrected chi connectivity index (χ3v) is 7.86. The molecule has 0 saturated heterocycles. The van der Waals surface area contributed by atoms with Gasteiger partial charge in [0, 0.05) is 0 Å². The first-order chi connectivity index (χ1) is 7.34. The summed E-state index contributed by atoms with van der Waals surface area (Å²) in [5.74, 6) is 1.78. The minimum atomic E-state index is 0.476. The second kappa shape index (κ2) is 4.12. The van der Waals surface area contributed by atoms with E-state index in [0.717, 1.165) is 16.7 Å². The monoisotopic (exact) mass is 286 g/mol. The van der Waals surface area contributed by atoms with Gasteiger partial charge in [-0.3, -0.25) is 0 Å². The summed E-state index contributed by atoms with van der Waals surface area (Å²) in [5, 5.41) is 0.476. The van der Waals surface area contributed by atoms with E-state index in [9.17, 15) is 0 Å². The molecule has 0 spiro atoms. The molecular weight excluding hydrogens is 271 g/mol. The van der Waals surface area contributed by atoms with Crippen LogP contribution in [0.3, 0.4) is 0 Å². The molecule has 1 aromatic rings. The van der Waals surface area contributed by atoms with Crippen LogP contribution in [0.4, 0.5) is 0 Å². The zero-order valence-electron chi connectivity index (χ0n) is 8.60. The summed E-state index contributed by atoms with van der Waals surface area (Å²) in [4.78, 5) is 0.806. The van der Waals surface area contributed by atoms with Crippen molar-refractivity contribution in [2.24, 2.45) is 11.8 Å². The maximum atomic E-state index is 6.54. The Balaban J connectivity index is 1.74. The molecule has 0 aromatic heterocycles. The summed E-state index contributed by atoms with van der Waals surface area (Å²) in [5.41, 5.74) is 0. The topological polar surface area (TPSA) is 0 Å². The molecule has 2 heteroatoms. The van der Waals surface area contributed by atoms with E-state index in [0.29, 0.717) is 20.3 Å². The van der Waals surface area contributed by atoms with Crippen molar-refractivity contribution in [2.45, 2.75) is 29.5 Å². The predicted octanol–water partition coefficient (Wildman–Crippen LogP) is 2.84. The molecule has 3 rings (SSSR count). The number of halogens is 1. The van der Waals surface area contributed by atoms with Gasteiger partial charge in [0.2, 0.25) is 0 Å². The van der Waals surface area contributed by atoms with Gasteiger partial charge < -0.3 is 0 Å². The SMILES string of the molecule is Cl[C@H]1[C@H]2CC[C@H](C2)[C@@H]1[Se]c1ccccc1. The third-order valence-electron chi connectivity index (χ3n) is 3.76. The van der Waals surface area contributed by atoms with Crippen molar-refractivity contribution in [3.05, 3.63) is 30.3 Å². The first-order valence-electron chi connectivity index (χ1n) is 5.70. The number of alkyl halides is 1. The summed E-state index contributed by atoms with van der Waals surface area (Å²) in [7, 11) is 0. The van der Waals surface area contributed by atoms with E-state index in [4.69, 9.17) is 11.6 Å². The molecule has 0 amide bonds. The summed E-state index contributed by atoms with van der Waals surface area (Å²) in [6.45, 7) is 0. The summed E-state index contributed by atoms with van der Waals surface area (Å²) < 4.78 is 1.52. The fourth-order valence-corrected chi connectivity index (χ4v) is 6.67. The van der Waals surface area contributed by atoms with E-state index in [1.807, 2.05) is 0 Å². The number of benzene rings is 1. The molecule has 2 saturated carbocycles. The van der Waals surface area contributed by atoms with Crippen molar-refractivity contribution >= 4 is 31.0 Å². The van der Waals surface area contributed by atoms with Crippen LogP contribution in [-0.4, -0.2) is 20.3 Å². The van der Waals surface area contributed by atoms with E-state index in [1.54, 1.807) is 0 Å². The molecule has 0 N–H and O–H groups in total. The van der Waals surface area contributed by atoms with Gasteiger partial charge in [-0.05, 0) is 0 Å². The van der Waals surface area contributed by atoms with Crippen LogP contribution in [0, 0.1) is 11.8 Å². The Bertz CT molecular complexity index is 336. The van der Waals surface area contributed by atoms with Crippen molar-refractivity contribution in [3.63, 3.8) is 0 Å². The van der Waals surface area contributed by atoms with E-state index >= 15 is 0 Å². The average molecular weight is 286 g/mol. The van der Waals surface area contributed by atoms with Crippen molar-refractivity contribution in [3.8, 4) is 0 Å². The van der Waals surface area contributed by atoms with Gasteiger partial charge in [-0.1, -0.05) is 0 Å². The Morgan fingerprint density at radius 1 is 1.07 bits per heavy atom. The van der Waals surface area contributed by atoms with Crippen molar-refractivity contribution in [2.75, 3.05) is 0 Å². The van der Waals surface area contributed by atoms with E-state index in [2.05, 4.69) is 30.3 Å². The Morgan fingerprint density at radius 3 is 2.47 bits per heavy atom. The molecule has 0 unspecified atom stereocenters. The molecule has 0 aliphatic heterocycles. The minimum absolute atomic E-state index is 0.476. The average Bonchev–Trinajstić information content (AvgIpc) is 2.84. The summed E-state index contributed by atoms with van der Waals surface area (Å²) in [6, 6.07) is 10.9. The Labute approximate surface area is 103 Å².